The third kappa shape index (κ3) is 5.56. The van der Waals surface area contributed by atoms with Crippen LogP contribution in [0.25, 0.3) is 11.3 Å². The number of hydrogen-bond donors (Lipinski definition) is 4. The monoisotopic (exact) mass is 463 g/mol. The number of amides is 2. The van der Waals surface area contributed by atoms with Crippen molar-refractivity contribution in [1.82, 2.24) is 20.3 Å². The molecular weight excluding hydrogens is 438 g/mol. The van der Waals surface area contributed by atoms with Crippen molar-refractivity contribution in [2.24, 2.45) is 0 Å². The van der Waals surface area contributed by atoms with Crippen LogP contribution in [0.2, 0.25) is 0 Å². The van der Waals surface area contributed by atoms with Crippen molar-refractivity contribution in [1.29, 1.82) is 0 Å². The van der Waals surface area contributed by atoms with Crippen LogP contribution >= 0.6 is 0 Å². The highest BCUT2D eigenvalue weighted by atomic mass is 16.5. The average Bonchev–Trinajstić information content (AvgIpc) is 2.85. The number of benzene rings is 1. The fraction of sp³-hybridized carbons (Fsp3) is 0.261. The third-order valence-corrected chi connectivity index (χ3v) is 5.35. The molecule has 1 aliphatic rings. The minimum absolute atomic E-state index is 0.0176. The number of hydrogen-bond acceptors (Lipinski definition) is 8. The number of pyridine rings is 1. The summed E-state index contributed by atoms with van der Waals surface area (Å²) in [6.45, 7) is 2.98. The zero-order valence-electron chi connectivity index (χ0n) is 18.4. The quantitative estimate of drug-likeness (QED) is 0.412. The predicted molar refractivity (Wildman–Crippen MR) is 127 cm³/mol. The largest absolute Gasteiger partial charge is 0.465 e. The summed E-state index contributed by atoms with van der Waals surface area (Å²) >= 11 is 0. The smallest absolute Gasteiger partial charge is 0.404 e. The highest BCUT2D eigenvalue weighted by molar-refractivity contribution is 6.07. The maximum Gasteiger partial charge on any atom is 0.404 e. The molecule has 0 unspecified atom stereocenters. The SMILES string of the molecule is Nc1ncc(-c2ccc(CCNC(=O)O)cc2)nc1C(=O)Nc1cnccc1N1CCOCC1. The number of nitrogens with two attached hydrogens (primary N) is 1. The molecule has 4 rings (SSSR count). The Kier molecular flexibility index (Phi) is 7.13. The van der Waals surface area contributed by atoms with Crippen LogP contribution in [0.4, 0.5) is 22.0 Å². The van der Waals surface area contributed by atoms with E-state index in [1.165, 1.54) is 6.20 Å². The molecular formula is C23H25N7O4. The van der Waals surface area contributed by atoms with E-state index < -0.39 is 12.0 Å². The van der Waals surface area contributed by atoms with Crippen molar-refractivity contribution in [3.05, 3.63) is 60.2 Å². The molecule has 176 valence electrons. The molecule has 34 heavy (non-hydrogen) atoms. The van der Waals surface area contributed by atoms with E-state index in [4.69, 9.17) is 15.6 Å². The van der Waals surface area contributed by atoms with Crippen molar-refractivity contribution in [2.45, 2.75) is 6.42 Å². The summed E-state index contributed by atoms with van der Waals surface area (Å²) in [6, 6.07) is 9.28. The number of anilines is 3. The van der Waals surface area contributed by atoms with Crippen LogP contribution in [-0.2, 0) is 11.2 Å². The zero-order valence-corrected chi connectivity index (χ0v) is 18.4. The molecule has 0 atom stereocenters. The molecule has 0 aliphatic carbocycles. The molecule has 0 radical (unpaired) electrons. The van der Waals surface area contributed by atoms with Gasteiger partial charge in [0.05, 0.1) is 42.7 Å². The molecule has 0 bridgehead atoms. The van der Waals surface area contributed by atoms with E-state index >= 15 is 0 Å². The molecule has 3 heterocycles. The number of carboxylic acid groups (broad SMARTS) is 1. The highest BCUT2D eigenvalue weighted by Crippen LogP contribution is 2.26. The van der Waals surface area contributed by atoms with Crippen molar-refractivity contribution in [2.75, 3.05) is 48.8 Å². The standard InChI is InChI=1S/C23H25N7O4/c24-21-20(22(31)29-18-13-25-7-6-19(18)30-9-11-34-12-10-30)28-17(14-27-21)16-3-1-15(2-4-16)5-8-26-23(32)33/h1-4,6-7,13-14,26H,5,8-12H2,(H2,24,27)(H,29,31)(H,32,33). The maximum absolute atomic E-state index is 13.1. The molecule has 1 aromatic carbocycles. The Labute approximate surface area is 196 Å². The second-order valence-corrected chi connectivity index (χ2v) is 7.61. The van der Waals surface area contributed by atoms with E-state index in [0.717, 1.165) is 16.8 Å². The van der Waals surface area contributed by atoms with E-state index in [2.05, 4.69) is 30.5 Å². The van der Waals surface area contributed by atoms with Gasteiger partial charge >= 0.3 is 6.09 Å². The number of nitrogens with zero attached hydrogens (tertiary/aromatic N) is 4. The summed E-state index contributed by atoms with van der Waals surface area (Å²) in [7, 11) is 0. The number of rotatable bonds is 7. The van der Waals surface area contributed by atoms with Gasteiger partial charge in [0.25, 0.3) is 5.91 Å². The number of nitrogens with one attached hydrogen (secondary N) is 2. The Morgan fingerprint density at radius 3 is 2.62 bits per heavy atom. The Balaban J connectivity index is 1.50. The molecule has 1 saturated heterocycles. The Hall–Kier alpha value is -4.25. The number of carbonyl (C=O) groups excluding carboxylic acids is 1. The Morgan fingerprint density at radius 2 is 1.88 bits per heavy atom. The summed E-state index contributed by atoms with van der Waals surface area (Å²) in [5, 5.41) is 13.9. The van der Waals surface area contributed by atoms with E-state index in [1.807, 2.05) is 30.3 Å². The number of nitrogen functional groups attached to an aromatic ring is 1. The zero-order chi connectivity index (χ0) is 23.9. The molecule has 0 spiro atoms. The van der Waals surface area contributed by atoms with Crippen LogP contribution < -0.4 is 21.3 Å². The fourth-order valence-corrected chi connectivity index (χ4v) is 3.61. The summed E-state index contributed by atoms with van der Waals surface area (Å²) < 4.78 is 5.41. The van der Waals surface area contributed by atoms with Crippen LogP contribution in [-0.4, -0.2) is 64.9 Å². The van der Waals surface area contributed by atoms with Crippen molar-refractivity contribution in [3.8, 4) is 11.3 Å². The van der Waals surface area contributed by atoms with Crippen LogP contribution in [0, 0.1) is 0 Å². The molecule has 3 aromatic rings. The normalized spacial score (nSPS) is 13.4. The first-order valence-electron chi connectivity index (χ1n) is 10.8. The van der Waals surface area contributed by atoms with Crippen LogP contribution in [0.15, 0.2) is 48.9 Å². The molecule has 2 amide bonds. The van der Waals surface area contributed by atoms with Gasteiger partial charge in [-0.3, -0.25) is 9.78 Å². The molecule has 5 N–H and O–H groups in total. The van der Waals surface area contributed by atoms with Gasteiger partial charge in [-0.15, -0.1) is 0 Å². The van der Waals surface area contributed by atoms with Gasteiger partial charge in [-0.1, -0.05) is 24.3 Å². The molecule has 2 aromatic heterocycles. The van der Waals surface area contributed by atoms with Crippen molar-refractivity contribution in [3.63, 3.8) is 0 Å². The van der Waals surface area contributed by atoms with Crippen LogP contribution in [0.5, 0.6) is 0 Å². The van der Waals surface area contributed by atoms with Gasteiger partial charge in [-0.05, 0) is 18.1 Å². The van der Waals surface area contributed by atoms with Gasteiger partial charge < -0.3 is 31.1 Å². The number of carbonyl (C=O) groups is 2. The fourth-order valence-electron chi connectivity index (χ4n) is 3.61. The molecule has 1 aliphatic heterocycles. The minimum atomic E-state index is -1.05. The third-order valence-electron chi connectivity index (χ3n) is 5.35. The summed E-state index contributed by atoms with van der Waals surface area (Å²) in [4.78, 5) is 38.5. The Morgan fingerprint density at radius 1 is 1.12 bits per heavy atom. The van der Waals surface area contributed by atoms with E-state index in [1.54, 1.807) is 12.4 Å². The maximum atomic E-state index is 13.1. The Bertz CT molecular complexity index is 1160. The first-order chi connectivity index (χ1) is 16.5. The predicted octanol–water partition coefficient (Wildman–Crippen LogP) is 2.02. The lowest BCUT2D eigenvalue weighted by Crippen LogP contribution is -2.36. The molecule has 0 saturated carbocycles. The lowest BCUT2D eigenvalue weighted by atomic mass is 10.1. The summed E-state index contributed by atoms with van der Waals surface area (Å²) in [5.41, 5.74) is 9.61. The average molecular weight is 463 g/mol. The first-order valence-corrected chi connectivity index (χ1v) is 10.8. The number of ether oxygens (including phenoxy) is 1. The number of morpholine rings is 1. The highest BCUT2D eigenvalue weighted by Gasteiger charge is 2.19. The summed E-state index contributed by atoms with van der Waals surface area (Å²) in [6.07, 6.45) is 4.29. The lowest BCUT2D eigenvalue weighted by molar-refractivity contribution is 0.102. The van der Waals surface area contributed by atoms with Gasteiger partial charge in [0, 0.05) is 31.4 Å². The van der Waals surface area contributed by atoms with E-state index in [0.29, 0.717) is 50.7 Å². The summed E-state index contributed by atoms with van der Waals surface area (Å²) in [5.74, 6) is -0.458. The van der Waals surface area contributed by atoms with Gasteiger partial charge in [-0.25, -0.2) is 14.8 Å². The number of aromatic nitrogens is 3. The van der Waals surface area contributed by atoms with Gasteiger partial charge in [0.1, 0.15) is 0 Å². The van der Waals surface area contributed by atoms with Crippen molar-refractivity contribution >= 4 is 29.2 Å². The molecule has 1 fully saturated rings. The second-order valence-electron chi connectivity index (χ2n) is 7.61. The van der Waals surface area contributed by atoms with Crippen LogP contribution in [0.3, 0.4) is 0 Å². The lowest BCUT2D eigenvalue weighted by Gasteiger charge is -2.30. The first kappa shape index (κ1) is 22.9. The molecule has 11 heteroatoms. The van der Waals surface area contributed by atoms with Gasteiger partial charge in [0.2, 0.25) is 0 Å². The van der Waals surface area contributed by atoms with Crippen molar-refractivity contribution < 1.29 is 19.4 Å². The topological polar surface area (TPSA) is 156 Å². The molecule has 11 nitrogen and oxygen atoms in total. The van der Waals surface area contributed by atoms with E-state index in [-0.39, 0.29) is 11.5 Å². The van der Waals surface area contributed by atoms with Gasteiger partial charge in [-0.2, -0.15) is 0 Å². The minimum Gasteiger partial charge on any atom is -0.465 e. The van der Waals surface area contributed by atoms with E-state index in [9.17, 15) is 9.59 Å². The van der Waals surface area contributed by atoms with Gasteiger partial charge in [0.15, 0.2) is 11.5 Å². The second kappa shape index (κ2) is 10.6. The van der Waals surface area contributed by atoms with Crippen LogP contribution in [0.1, 0.15) is 16.1 Å².